The lowest BCUT2D eigenvalue weighted by molar-refractivity contribution is 0.590. The molecule has 2 heterocycles. The zero-order valence-electron chi connectivity index (χ0n) is 28.2. The maximum absolute atomic E-state index is 10.8. The summed E-state index contributed by atoms with van der Waals surface area (Å²) in [6.07, 6.45) is 0. The van der Waals surface area contributed by atoms with Crippen molar-refractivity contribution in [3.63, 3.8) is 0 Å². The Hall–Kier alpha value is -5.84. The van der Waals surface area contributed by atoms with Gasteiger partial charge in [0.25, 0.3) is 0 Å². The summed E-state index contributed by atoms with van der Waals surface area (Å²) in [6, 6.07) is 40.8. The van der Waals surface area contributed by atoms with Gasteiger partial charge in [-0.05, 0) is 69.1 Å². The maximum atomic E-state index is 10.8. The van der Waals surface area contributed by atoms with Crippen LogP contribution in [-0.2, 0) is 10.8 Å². The number of nitriles is 1. The molecule has 8 rings (SSSR count). The molecule has 0 unspecified atom stereocenters. The number of aromatic nitrogens is 2. The topological polar surface area (TPSA) is 38.0 Å². The molecule has 8 aromatic rings. The van der Waals surface area contributed by atoms with Crippen molar-refractivity contribution in [2.75, 3.05) is 0 Å². The van der Waals surface area contributed by atoms with Gasteiger partial charge in [-0.2, -0.15) is 5.26 Å². The Labute approximate surface area is 280 Å². The minimum atomic E-state index is -0.0387. The second kappa shape index (κ2) is 10.3. The summed E-state index contributed by atoms with van der Waals surface area (Å²) in [5, 5.41) is 17.6. The molecule has 0 fully saturated rings. The number of hydrogen-bond donors (Lipinski definition) is 0. The Morgan fingerprint density at radius 3 is 1.71 bits per heavy atom. The Bertz CT molecular complexity index is 2640. The molecule has 232 valence electrons. The van der Waals surface area contributed by atoms with E-state index >= 15 is 0 Å². The summed E-state index contributed by atoms with van der Waals surface area (Å²) in [5.74, 6) is 0. The second-order valence-electron chi connectivity index (χ2n) is 14.9. The predicted molar refractivity (Wildman–Crippen MR) is 201 cm³/mol. The fourth-order valence-electron chi connectivity index (χ4n) is 7.37. The van der Waals surface area contributed by atoms with Crippen molar-refractivity contribution in [2.45, 2.75) is 52.4 Å². The molecule has 48 heavy (non-hydrogen) atoms. The summed E-state index contributed by atoms with van der Waals surface area (Å²) >= 11 is 0. The molecule has 0 N–H and O–H groups in total. The quantitative estimate of drug-likeness (QED) is 0.177. The first-order valence-corrected chi connectivity index (χ1v) is 16.5. The molecular weight excluding hydrogens is 585 g/mol. The van der Waals surface area contributed by atoms with Gasteiger partial charge in [0.15, 0.2) is 0 Å². The van der Waals surface area contributed by atoms with Crippen molar-refractivity contribution in [3.8, 4) is 17.4 Å². The van der Waals surface area contributed by atoms with Gasteiger partial charge in [-0.3, -0.25) is 0 Å². The number of para-hydroxylation sites is 1. The molecule has 4 heteroatoms. The minimum Gasteiger partial charge on any atom is -0.317 e. The van der Waals surface area contributed by atoms with Crippen LogP contribution in [0.4, 0.5) is 5.69 Å². The van der Waals surface area contributed by atoms with E-state index in [9.17, 15) is 5.26 Å². The second-order valence-corrected chi connectivity index (χ2v) is 14.9. The zero-order chi connectivity index (χ0) is 33.5. The minimum absolute atomic E-state index is 0.0387. The number of nitrogens with zero attached hydrogens (tertiary/aromatic N) is 4. The van der Waals surface area contributed by atoms with Crippen LogP contribution in [0.2, 0.25) is 0 Å². The van der Waals surface area contributed by atoms with Gasteiger partial charge in [-0.25, -0.2) is 4.85 Å². The average Bonchev–Trinajstić information content (AvgIpc) is 3.59. The van der Waals surface area contributed by atoms with Gasteiger partial charge in [0.1, 0.15) is 6.07 Å². The fourth-order valence-corrected chi connectivity index (χ4v) is 7.37. The molecule has 6 aromatic carbocycles. The molecule has 0 aliphatic carbocycles. The summed E-state index contributed by atoms with van der Waals surface area (Å²) in [5.41, 5.74) is 8.88. The van der Waals surface area contributed by atoms with E-state index in [1.807, 2.05) is 6.07 Å². The van der Waals surface area contributed by atoms with Gasteiger partial charge in [0.2, 0.25) is 5.69 Å². The summed E-state index contributed by atoms with van der Waals surface area (Å²) < 4.78 is 4.44. The van der Waals surface area contributed by atoms with Crippen molar-refractivity contribution >= 4 is 60.1 Å². The van der Waals surface area contributed by atoms with E-state index in [1.165, 1.54) is 11.1 Å². The molecule has 0 aliphatic rings. The lowest BCUT2D eigenvalue weighted by Gasteiger charge is -2.21. The van der Waals surface area contributed by atoms with E-state index in [4.69, 9.17) is 6.57 Å². The summed E-state index contributed by atoms with van der Waals surface area (Å²) in [4.78, 5) is 4.11. The highest BCUT2D eigenvalue weighted by Gasteiger charge is 2.27. The Kier molecular flexibility index (Phi) is 6.36. The monoisotopic (exact) mass is 620 g/mol. The molecule has 0 saturated heterocycles. The highest BCUT2D eigenvalue weighted by Crippen LogP contribution is 2.45. The van der Waals surface area contributed by atoms with E-state index in [1.54, 1.807) is 12.1 Å². The Balaban J connectivity index is 1.59. The van der Waals surface area contributed by atoms with Crippen molar-refractivity contribution < 1.29 is 0 Å². The Morgan fingerprint density at radius 2 is 1.10 bits per heavy atom. The molecule has 2 aromatic heterocycles. The SMILES string of the molecule is [C-]#[N+]c1ccc(C#N)c(-n2c3ccc(C(C)(C)C)cc3c3cc(C(C)(C)C)ccc32)c1-n1c2ccccc2c2c3ccccc3ccc21. The normalized spacial score (nSPS) is 12.3. The van der Waals surface area contributed by atoms with Crippen molar-refractivity contribution in [2.24, 2.45) is 0 Å². The van der Waals surface area contributed by atoms with Crippen LogP contribution in [0, 0.1) is 17.9 Å². The van der Waals surface area contributed by atoms with Crippen LogP contribution in [-0.4, -0.2) is 9.13 Å². The van der Waals surface area contributed by atoms with Crippen LogP contribution in [0.25, 0.3) is 70.6 Å². The van der Waals surface area contributed by atoms with Crippen LogP contribution in [0.1, 0.15) is 58.2 Å². The predicted octanol–water partition coefficient (Wildman–Crippen LogP) is 12.1. The molecule has 0 bridgehead atoms. The van der Waals surface area contributed by atoms with Crippen LogP contribution in [0.5, 0.6) is 0 Å². The van der Waals surface area contributed by atoms with Gasteiger partial charge in [-0.15, -0.1) is 0 Å². The molecule has 0 atom stereocenters. The standard InChI is InChI=1S/C44H36N4/c1-43(2,3)29-18-22-37-33(24-29)34-25-30(44(4,5)6)19-23-38(34)47(37)41-28(26-45)16-20-35(46-7)42(41)48-36-15-11-10-14-32(36)40-31-13-9-8-12-27(31)17-21-39(40)48/h8-25H,1-6H3. The fraction of sp³-hybridized carbons (Fsp3) is 0.182. The summed E-state index contributed by atoms with van der Waals surface area (Å²) in [6.45, 7) is 21.9. The number of rotatable bonds is 2. The first-order chi connectivity index (χ1) is 23.0. The molecule has 0 radical (unpaired) electrons. The first kappa shape index (κ1) is 29.6. The molecular formula is C44H36N4. The lowest BCUT2D eigenvalue weighted by Crippen LogP contribution is -2.10. The van der Waals surface area contributed by atoms with E-state index in [2.05, 4.69) is 153 Å². The first-order valence-electron chi connectivity index (χ1n) is 16.5. The van der Waals surface area contributed by atoms with E-state index in [0.717, 1.165) is 54.4 Å². The number of fused-ring (bicyclic) bond motifs is 8. The third kappa shape index (κ3) is 4.27. The van der Waals surface area contributed by atoms with E-state index < -0.39 is 0 Å². The smallest absolute Gasteiger partial charge is 0.212 e. The van der Waals surface area contributed by atoms with Crippen LogP contribution in [0.15, 0.2) is 109 Å². The van der Waals surface area contributed by atoms with Crippen LogP contribution >= 0.6 is 0 Å². The van der Waals surface area contributed by atoms with Crippen LogP contribution < -0.4 is 0 Å². The van der Waals surface area contributed by atoms with E-state index in [0.29, 0.717) is 22.6 Å². The van der Waals surface area contributed by atoms with Gasteiger partial charge < -0.3 is 9.13 Å². The average molecular weight is 621 g/mol. The van der Waals surface area contributed by atoms with Crippen molar-refractivity contribution in [1.29, 1.82) is 5.26 Å². The molecule has 0 saturated carbocycles. The van der Waals surface area contributed by atoms with Gasteiger partial charge >= 0.3 is 0 Å². The highest BCUT2D eigenvalue weighted by atomic mass is 15.1. The molecule has 0 spiro atoms. The maximum Gasteiger partial charge on any atom is 0.212 e. The molecule has 4 nitrogen and oxygen atoms in total. The molecule has 0 aliphatic heterocycles. The largest absolute Gasteiger partial charge is 0.317 e. The van der Waals surface area contributed by atoms with Crippen molar-refractivity contribution in [1.82, 2.24) is 9.13 Å². The van der Waals surface area contributed by atoms with Crippen molar-refractivity contribution in [3.05, 3.63) is 137 Å². The van der Waals surface area contributed by atoms with E-state index in [-0.39, 0.29) is 10.8 Å². The molecule has 0 amide bonds. The zero-order valence-corrected chi connectivity index (χ0v) is 28.2. The third-order valence-corrected chi connectivity index (χ3v) is 9.88. The number of hydrogen-bond acceptors (Lipinski definition) is 1. The highest BCUT2D eigenvalue weighted by molar-refractivity contribution is 6.22. The number of benzene rings is 6. The lowest BCUT2D eigenvalue weighted by atomic mass is 9.85. The van der Waals surface area contributed by atoms with Gasteiger partial charge in [0, 0.05) is 21.5 Å². The van der Waals surface area contributed by atoms with Gasteiger partial charge in [0.05, 0.1) is 45.6 Å². The third-order valence-electron chi connectivity index (χ3n) is 9.88. The Morgan fingerprint density at radius 1 is 0.562 bits per heavy atom. The van der Waals surface area contributed by atoms with Crippen LogP contribution in [0.3, 0.4) is 0 Å². The summed E-state index contributed by atoms with van der Waals surface area (Å²) in [7, 11) is 0. The van der Waals surface area contributed by atoms with Gasteiger partial charge in [-0.1, -0.05) is 114 Å².